The van der Waals surface area contributed by atoms with Crippen LogP contribution in [0.15, 0.2) is 52.1 Å². The van der Waals surface area contributed by atoms with Crippen LogP contribution in [-0.2, 0) is 16.1 Å². The molecule has 29 heavy (non-hydrogen) atoms. The molecule has 0 amide bonds. The summed E-state index contributed by atoms with van der Waals surface area (Å²) in [6.07, 6.45) is 0.495. The molecule has 0 aliphatic heterocycles. The van der Waals surface area contributed by atoms with Crippen LogP contribution < -0.4 is 16.0 Å². The van der Waals surface area contributed by atoms with E-state index in [0.29, 0.717) is 17.3 Å². The number of ether oxygens (including phenoxy) is 2. The molecule has 1 aromatic heterocycles. The van der Waals surface area contributed by atoms with Gasteiger partial charge in [-0.1, -0.05) is 18.2 Å². The van der Waals surface area contributed by atoms with Gasteiger partial charge in [0.2, 0.25) is 0 Å². The molecule has 0 radical (unpaired) electrons. The number of aromatic amines is 1. The fraction of sp³-hybridized carbons (Fsp3) is 0.318. The second-order valence-electron chi connectivity index (χ2n) is 6.85. The summed E-state index contributed by atoms with van der Waals surface area (Å²) in [5.74, 6) is 0.337. The van der Waals surface area contributed by atoms with Gasteiger partial charge in [0.25, 0.3) is 5.56 Å². The molecule has 0 saturated carbocycles. The van der Waals surface area contributed by atoms with Gasteiger partial charge in [0.05, 0.1) is 30.5 Å². The molecule has 0 aliphatic rings. The number of hydrogen-bond donors (Lipinski definition) is 1. The van der Waals surface area contributed by atoms with E-state index in [2.05, 4.69) is 4.98 Å². The molecule has 1 N–H and O–H groups in total. The van der Waals surface area contributed by atoms with Gasteiger partial charge in [0.1, 0.15) is 5.75 Å². The number of para-hydroxylation sites is 1. The minimum absolute atomic E-state index is 0.126. The van der Waals surface area contributed by atoms with Gasteiger partial charge in [-0.15, -0.1) is 0 Å². The number of nitrogens with zero attached hydrogens (tertiary/aromatic N) is 1. The zero-order valence-electron chi connectivity index (χ0n) is 16.6. The molecule has 152 valence electrons. The van der Waals surface area contributed by atoms with Crippen LogP contribution in [0.4, 0.5) is 0 Å². The molecule has 0 spiro atoms. The summed E-state index contributed by atoms with van der Waals surface area (Å²) < 4.78 is 11.9. The monoisotopic (exact) mass is 396 g/mol. The second-order valence-corrected chi connectivity index (χ2v) is 6.85. The van der Waals surface area contributed by atoms with E-state index in [9.17, 15) is 14.4 Å². The highest BCUT2D eigenvalue weighted by Crippen LogP contribution is 2.16. The minimum Gasteiger partial charge on any atom is -0.493 e. The lowest BCUT2D eigenvalue weighted by molar-refractivity contribution is -0.144. The van der Waals surface area contributed by atoms with E-state index in [1.54, 1.807) is 24.3 Å². The average Bonchev–Trinajstić information content (AvgIpc) is 2.70. The van der Waals surface area contributed by atoms with Crippen LogP contribution in [0.25, 0.3) is 10.9 Å². The molecule has 2 aromatic carbocycles. The number of esters is 1. The van der Waals surface area contributed by atoms with Gasteiger partial charge in [-0.05, 0) is 55.7 Å². The molecule has 0 saturated heterocycles. The van der Waals surface area contributed by atoms with Gasteiger partial charge in [0, 0.05) is 6.54 Å². The number of fused-ring (bicyclic) bond motifs is 1. The van der Waals surface area contributed by atoms with Crippen molar-refractivity contribution in [3.8, 4) is 5.75 Å². The summed E-state index contributed by atoms with van der Waals surface area (Å²) in [5.41, 5.74) is 2.00. The molecule has 0 fully saturated rings. The number of aromatic nitrogens is 2. The first-order chi connectivity index (χ1) is 14.0. The van der Waals surface area contributed by atoms with Gasteiger partial charge in [0.15, 0.2) is 0 Å². The Morgan fingerprint density at radius 3 is 2.62 bits per heavy atom. The molecule has 1 heterocycles. The van der Waals surface area contributed by atoms with Crippen molar-refractivity contribution in [3.63, 3.8) is 0 Å². The fourth-order valence-corrected chi connectivity index (χ4v) is 2.94. The minimum atomic E-state index is -0.471. The highest BCUT2D eigenvalue weighted by molar-refractivity contribution is 5.76. The Bertz CT molecular complexity index is 1130. The van der Waals surface area contributed by atoms with E-state index in [1.807, 2.05) is 32.0 Å². The lowest BCUT2D eigenvalue weighted by Crippen LogP contribution is -2.35. The summed E-state index contributed by atoms with van der Waals surface area (Å²) in [5, 5.41) is 0.451. The average molecular weight is 396 g/mol. The fourth-order valence-electron chi connectivity index (χ4n) is 2.94. The number of aryl methyl sites for hydroxylation is 2. The maximum absolute atomic E-state index is 12.4. The quantitative estimate of drug-likeness (QED) is 0.467. The summed E-state index contributed by atoms with van der Waals surface area (Å²) in [6.45, 7) is 4.55. The van der Waals surface area contributed by atoms with Crippen LogP contribution in [0.5, 0.6) is 5.75 Å². The van der Waals surface area contributed by atoms with E-state index in [1.165, 1.54) is 5.56 Å². The molecule has 0 aliphatic carbocycles. The van der Waals surface area contributed by atoms with Gasteiger partial charge >= 0.3 is 11.7 Å². The van der Waals surface area contributed by atoms with Gasteiger partial charge < -0.3 is 14.5 Å². The van der Waals surface area contributed by atoms with Gasteiger partial charge in [-0.25, -0.2) is 4.79 Å². The van der Waals surface area contributed by atoms with Crippen molar-refractivity contribution in [1.82, 2.24) is 9.55 Å². The van der Waals surface area contributed by atoms with E-state index in [0.717, 1.165) is 15.9 Å². The predicted molar refractivity (Wildman–Crippen MR) is 110 cm³/mol. The van der Waals surface area contributed by atoms with Crippen molar-refractivity contribution in [3.05, 3.63) is 74.4 Å². The van der Waals surface area contributed by atoms with Crippen LogP contribution >= 0.6 is 0 Å². The zero-order chi connectivity index (χ0) is 20.8. The Morgan fingerprint density at radius 1 is 1.03 bits per heavy atom. The predicted octanol–water partition coefficient (Wildman–Crippen LogP) is 2.71. The molecule has 3 aromatic rings. The van der Waals surface area contributed by atoms with E-state index < -0.39 is 5.69 Å². The van der Waals surface area contributed by atoms with Crippen LogP contribution in [0.1, 0.15) is 24.0 Å². The summed E-state index contributed by atoms with van der Waals surface area (Å²) in [6, 6.07) is 12.6. The Hall–Kier alpha value is -3.35. The third kappa shape index (κ3) is 5.13. The highest BCUT2D eigenvalue weighted by Gasteiger charge is 2.08. The second kappa shape index (κ2) is 9.23. The van der Waals surface area contributed by atoms with Crippen molar-refractivity contribution in [2.75, 3.05) is 13.2 Å². The number of nitrogens with one attached hydrogen (secondary N) is 1. The smallest absolute Gasteiger partial charge is 0.328 e. The number of H-pyrrole nitrogens is 1. The first-order valence-corrected chi connectivity index (χ1v) is 9.53. The Balaban J connectivity index is 1.44. The molecule has 0 atom stereocenters. The summed E-state index contributed by atoms with van der Waals surface area (Å²) in [7, 11) is 0. The molecule has 0 unspecified atom stereocenters. The maximum Gasteiger partial charge on any atom is 0.328 e. The summed E-state index contributed by atoms with van der Waals surface area (Å²) in [4.78, 5) is 39.0. The first kappa shape index (κ1) is 20.4. The van der Waals surface area contributed by atoms with Crippen molar-refractivity contribution < 1.29 is 14.3 Å². The standard InChI is InChI=1S/C22H24N2O5/c1-15-8-9-17(14-16(15)2)28-13-10-20(25)29-12-5-11-24-21(26)18-6-3-4-7-19(18)23-22(24)27/h3-4,6-9,14H,5,10-13H2,1-2H3,(H,23,27). The number of benzene rings is 2. The summed E-state index contributed by atoms with van der Waals surface area (Å²) >= 11 is 0. The molecule has 3 rings (SSSR count). The van der Waals surface area contributed by atoms with E-state index >= 15 is 0 Å². The van der Waals surface area contributed by atoms with E-state index in [-0.39, 0.29) is 37.7 Å². The van der Waals surface area contributed by atoms with Gasteiger partial charge in [-0.2, -0.15) is 0 Å². The molecular weight excluding hydrogens is 372 g/mol. The number of rotatable bonds is 8. The SMILES string of the molecule is Cc1ccc(OCCC(=O)OCCCn2c(=O)[nH]c3ccccc3c2=O)cc1C. The Labute approximate surface area is 167 Å². The van der Waals surface area contributed by atoms with Crippen LogP contribution in [-0.4, -0.2) is 28.7 Å². The topological polar surface area (TPSA) is 90.4 Å². The van der Waals surface area contributed by atoms with Crippen LogP contribution in [0.2, 0.25) is 0 Å². The molecule has 0 bridgehead atoms. The van der Waals surface area contributed by atoms with Crippen LogP contribution in [0.3, 0.4) is 0 Å². The maximum atomic E-state index is 12.4. The third-order valence-electron chi connectivity index (χ3n) is 4.73. The van der Waals surface area contributed by atoms with Gasteiger partial charge in [-0.3, -0.25) is 14.2 Å². The molecular formula is C22H24N2O5. The lowest BCUT2D eigenvalue weighted by Gasteiger charge is -2.09. The number of carbonyl (C=O) groups excluding carboxylic acids is 1. The molecule has 7 heteroatoms. The van der Waals surface area contributed by atoms with E-state index in [4.69, 9.17) is 9.47 Å². The molecule has 7 nitrogen and oxygen atoms in total. The Kier molecular flexibility index (Phi) is 6.49. The largest absolute Gasteiger partial charge is 0.493 e. The number of hydrogen-bond acceptors (Lipinski definition) is 5. The number of carbonyl (C=O) groups is 1. The normalized spacial score (nSPS) is 10.8. The lowest BCUT2D eigenvalue weighted by atomic mass is 10.1. The van der Waals surface area contributed by atoms with Crippen molar-refractivity contribution >= 4 is 16.9 Å². The van der Waals surface area contributed by atoms with Crippen LogP contribution in [0, 0.1) is 13.8 Å². The highest BCUT2D eigenvalue weighted by atomic mass is 16.5. The van der Waals surface area contributed by atoms with Crippen molar-refractivity contribution in [2.24, 2.45) is 0 Å². The first-order valence-electron chi connectivity index (χ1n) is 9.53. The third-order valence-corrected chi connectivity index (χ3v) is 4.73. The van der Waals surface area contributed by atoms with Crippen molar-refractivity contribution in [1.29, 1.82) is 0 Å². The van der Waals surface area contributed by atoms with Crippen molar-refractivity contribution in [2.45, 2.75) is 33.2 Å². The Morgan fingerprint density at radius 2 is 1.83 bits per heavy atom. The zero-order valence-corrected chi connectivity index (χ0v) is 16.6.